The van der Waals surface area contributed by atoms with Crippen molar-refractivity contribution in [2.24, 2.45) is 10.7 Å². The maximum atomic E-state index is 13.7. The lowest BCUT2D eigenvalue weighted by atomic mass is 9.99. The Kier molecular flexibility index (Phi) is 2.53. The van der Waals surface area contributed by atoms with Gasteiger partial charge in [-0.2, -0.15) is 0 Å². The van der Waals surface area contributed by atoms with Gasteiger partial charge in [-0.15, -0.1) is 0 Å². The third kappa shape index (κ3) is 1.85. The van der Waals surface area contributed by atoms with Crippen LogP contribution in [0, 0.1) is 11.2 Å². The van der Waals surface area contributed by atoms with Gasteiger partial charge in [-0.25, -0.2) is 9.38 Å². The third-order valence-electron chi connectivity index (χ3n) is 3.19. The van der Waals surface area contributed by atoms with Crippen molar-refractivity contribution in [2.75, 3.05) is 0 Å². The molecule has 4 N–H and O–H groups in total. The Morgan fingerprint density at radius 2 is 2.44 bits per heavy atom. The van der Waals surface area contributed by atoms with Gasteiger partial charge in [-0.1, -0.05) is 6.92 Å². The van der Waals surface area contributed by atoms with Crippen LogP contribution in [0.15, 0.2) is 11.1 Å². The summed E-state index contributed by atoms with van der Waals surface area (Å²) in [4.78, 5) is 6.63. The normalized spacial score (nSPS) is 17.9. The van der Waals surface area contributed by atoms with Crippen LogP contribution in [-0.2, 0) is 5.41 Å². The Morgan fingerprint density at radius 1 is 1.75 bits per heavy atom. The first kappa shape index (κ1) is 10.9. The molecule has 2 rings (SSSR count). The summed E-state index contributed by atoms with van der Waals surface area (Å²) < 4.78 is 13.7. The number of halogens is 1. The number of nitrogens with two attached hydrogens (primary N) is 1. The summed E-state index contributed by atoms with van der Waals surface area (Å²) in [6.07, 6.45) is 4.38. The zero-order valence-corrected chi connectivity index (χ0v) is 9.18. The molecule has 0 amide bonds. The van der Waals surface area contributed by atoms with E-state index in [-0.39, 0.29) is 17.2 Å². The summed E-state index contributed by atoms with van der Waals surface area (Å²) in [7, 11) is 0. The average molecular weight is 222 g/mol. The minimum absolute atomic E-state index is 0.00635. The molecule has 86 valence electrons. The second-order valence-corrected chi connectivity index (χ2v) is 4.22. The van der Waals surface area contributed by atoms with Gasteiger partial charge in [-0.05, 0) is 19.3 Å². The van der Waals surface area contributed by atoms with E-state index in [4.69, 9.17) is 11.1 Å². The van der Waals surface area contributed by atoms with Gasteiger partial charge in [0.05, 0.1) is 17.6 Å². The van der Waals surface area contributed by atoms with Crippen molar-refractivity contribution in [3.8, 4) is 0 Å². The molecule has 1 aromatic heterocycles. The number of guanidine groups is 1. The quantitative estimate of drug-likeness (QED) is 0.530. The van der Waals surface area contributed by atoms with E-state index in [1.165, 1.54) is 12.3 Å². The van der Waals surface area contributed by atoms with E-state index in [1.807, 2.05) is 0 Å². The molecule has 1 fully saturated rings. The van der Waals surface area contributed by atoms with Crippen molar-refractivity contribution in [1.82, 2.24) is 4.98 Å². The van der Waals surface area contributed by atoms with E-state index < -0.39 is 0 Å². The molecule has 0 aromatic carbocycles. The van der Waals surface area contributed by atoms with Crippen LogP contribution in [0.2, 0.25) is 0 Å². The van der Waals surface area contributed by atoms with E-state index in [0.29, 0.717) is 11.4 Å². The number of aromatic amines is 1. The highest BCUT2D eigenvalue weighted by Crippen LogP contribution is 2.51. The van der Waals surface area contributed by atoms with Crippen LogP contribution < -0.4 is 5.73 Å². The van der Waals surface area contributed by atoms with E-state index in [1.54, 1.807) is 0 Å². The fourth-order valence-electron chi connectivity index (χ4n) is 1.97. The van der Waals surface area contributed by atoms with Gasteiger partial charge in [0.2, 0.25) is 5.96 Å². The second kappa shape index (κ2) is 3.73. The molecule has 1 heterocycles. The smallest absolute Gasteiger partial charge is 0.212 e. The van der Waals surface area contributed by atoms with Crippen LogP contribution in [0.3, 0.4) is 0 Å². The Labute approximate surface area is 93.3 Å². The van der Waals surface area contributed by atoms with E-state index in [2.05, 4.69) is 16.9 Å². The van der Waals surface area contributed by atoms with Crippen LogP contribution >= 0.6 is 0 Å². The van der Waals surface area contributed by atoms with Crippen molar-refractivity contribution in [3.63, 3.8) is 0 Å². The van der Waals surface area contributed by atoms with Crippen molar-refractivity contribution in [3.05, 3.63) is 23.3 Å². The van der Waals surface area contributed by atoms with E-state index >= 15 is 0 Å². The molecule has 0 atom stereocenters. The fourth-order valence-corrected chi connectivity index (χ4v) is 1.97. The number of nitrogens with zero attached hydrogens (tertiary/aromatic N) is 1. The number of hydrogen-bond donors (Lipinski definition) is 3. The van der Waals surface area contributed by atoms with E-state index in [0.717, 1.165) is 19.3 Å². The van der Waals surface area contributed by atoms with Crippen LogP contribution in [0.5, 0.6) is 0 Å². The van der Waals surface area contributed by atoms with Gasteiger partial charge >= 0.3 is 0 Å². The second-order valence-electron chi connectivity index (χ2n) is 4.22. The van der Waals surface area contributed by atoms with Crippen molar-refractivity contribution in [2.45, 2.75) is 31.6 Å². The SMILES string of the molecule is CCC1(c2[nH]c(/C=N\C(=N)N)cc2F)CC1. The lowest BCUT2D eigenvalue weighted by Crippen LogP contribution is -2.07. The zero-order chi connectivity index (χ0) is 11.8. The monoisotopic (exact) mass is 222 g/mol. The van der Waals surface area contributed by atoms with E-state index in [9.17, 15) is 4.39 Å². The van der Waals surface area contributed by atoms with Gasteiger partial charge in [0.1, 0.15) is 5.82 Å². The first-order chi connectivity index (χ1) is 7.57. The molecule has 0 aliphatic heterocycles. The minimum Gasteiger partial charge on any atom is -0.368 e. The average Bonchev–Trinajstić information content (AvgIpc) is 2.95. The zero-order valence-electron chi connectivity index (χ0n) is 9.18. The highest BCUT2D eigenvalue weighted by atomic mass is 19.1. The lowest BCUT2D eigenvalue weighted by molar-refractivity contribution is 0.554. The van der Waals surface area contributed by atoms with Gasteiger partial charge in [0, 0.05) is 11.5 Å². The Hall–Kier alpha value is -1.65. The summed E-state index contributed by atoms with van der Waals surface area (Å²) >= 11 is 0. The van der Waals surface area contributed by atoms with Gasteiger partial charge in [0.15, 0.2) is 0 Å². The highest BCUT2D eigenvalue weighted by Gasteiger charge is 2.45. The maximum absolute atomic E-state index is 13.7. The van der Waals surface area contributed by atoms with Crippen LogP contribution in [0.1, 0.15) is 37.6 Å². The first-order valence-corrected chi connectivity index (χ1v) is 5.34. The third-order valence-corrected chi connectivity index (χ3v) is 3.19. The fraction of sp³-hybridized carbons (Fsp3) is 0.455. The molecule has 1 saturated carbocycles. The molecule has 0 bridgehead atoms. The number of H-pyrrole nitrogens is 1. The molecular weight excluding hydrogens is 207 g/mol. The van der Waals surface area contributed by atoms with Crippen molar-refractivity contribution < 1.29 is 4.39 Å². The molecule has 0 radical (unpaired) electrons. The lowest BCUT2D eigenvalue weighted by Gasteiger charge is -2.09. The van der Waals surface area contributed by atoms with Crippen molar-refractivity contribution >= 4 is 12.2 Å². The van der Waals surface area contributed by atoms with Crippen LogP contribution in [-0.4, -0.2) is 17.2 Å². The largest absolute Gasteiger partial charge is 0.368 e. The summed E-state index contributed by atoms with van der Waals surface area (Å²) in [5.41, 5.74) is 6.32. The topological polar surface area (TPSA) is 78.0 Å². The van der Waals surface area contributed by atoms with Crippen molar-refractivity contribution in [1.29, 1.82) is 5.41 Å². The van der Waals surface area contributed by atoms with Gasteiger partial charge in [0.25, 0.3) is 0 Å². The number of hydrogen-bond acceptors (Lipinski definition) is 1. The molecular formula is C11H15FN4. The summed E-state index contributed by atoms with van der Waals surface area (Å²) in [6, 6.07) is 1.40. The minimum atomic E-state index is -0.284. The molecule has 1 aliphatic carbocycles. The molecule has 4 nitrogen and oxygen atoms in total. The number of rotatable bonds is 3. The molecule has 0 saturated heterocycles. The Balaban J connectivity index is 2.26. The first-order valence-electron chi connectivity index (χ1n) is 5.34. The van der Waals surface area contributed by atoms with Crippen LogP contribution in [0.4, 0.5) is 4.39 Å². The van der Waals surface area contributed by atoms with Gasteiger partial charge < -0.3 is 10.7 Å². The maximum Gasteiger partial charge on any atom is 0.212 e. The molecule has 0 unspecified atom stereocenters. The van der Waals surface area contributed by atoms with Gasteiger partial charge in [-0.3, -0.25) is 5.41 Å². The number of aliphatic imine (C=N–C) groups is 1. The molecule has 16 heavy (non-hydrogen) atoms. The highest BCUT2D eigenvalue weighted by molar-refractivity contribution is 5.90. The Morgan fingerprint density at radius 3 is 2.94 bits per heavy atom. The summed E-state index contributed by atoms with van der Waals surface area (Å²) in [5, 5.41) is 6.95. The summed E-state index contributed by atoms with van der Waals surface area (Å²) in [6.45, 7) is 2.07. The molecule has 5 heteroatoms. The number of nitrogens with one attached hydrogen (secondary N) is 2. The standard InChI is InChI=1S/C11H15FN4/c1-2-11(3-4-11)9-8(12)5-7(16-9)6-15-10(13)14/h5-6,16H,2-4H2,1H3,(H3,13,14)/b15-6-. The molecule has 1 aliphatic rings. The number of aromatic nitrogens is 1. The predicted molar refractivity (Wildman–Crippen MR) is 61.5 cm³/mol. The summed E-state index contributed by atoms with van der Waals surface area (Å²) in [5.74, 6) is -0.502. The molecule has 1 aromatic rings. The predicted octanol–water partition coefficient (Wildman–Crippen LogP) is 1.91. The van der Waals surface area contributed by atoms with Crippen LogP contribution in [0.25, 0.3) is 0 Å². The Bertz CT molecular complexity index is 443. The molecule has 0 spiro atoms.